The Morgan fingerprint density at radius 1 is 1.32 bits per heavy atom. The number of rotatable bonds is 9. The van der Waals surface area contributed by atoms with Crippen LogP contribution in [0.15, 0.2) is 0 Å². The standard InChI is InChI=1S/C11H20N2O5S/c1-3-8(14)10(16)12-6-9(15)13-7(11(17)18)4-5-19-2/h7-8,14H,3-6H2,1-2H3,(H,12,16)(H,13,15)(H,17,18)/t7-,8?/m0/s1. The molecule has 0 aliphatic carbocycles. The number of hydrogen-bond acceptors (Lipinski definition) is 5. The highest BCUT2D eigenvalue weighted by Crippen LogP contribution is 2.00. The monoisotopic (exact) mass is 292 g/mol. The molecule has 0 aromatic heterocycles. The van der Waals surface area contributed by atoms with Crippen molar-refractivity contribution in [1.82, 2.24) is 10.6 Å². The Balaban J connectivity index is 4.13. The van der Waals surface area contributed by atoms with Gasteiger partial charge in [-0.3, -0.25) is 9.59 Å². The van der Waals surface area contributed by atoms with E-state index in [0.29, 0.717) is 12.2 Å². The third-order valence-electron chi connectivity index (χ3n) is 2.36. The summed E-state index contributed by atoms with van der Waals surface area (Å²) in [6.45, 7) is 1.28. The number of aliphatic hydroxyl groups is 1. The van der Waals surface area contributed by atoms with Crippen LogP contribution in [0, 0.1) is 0 Å². The van der Waals surface area contributed by atoms with E-state index in [1.807, 2.05) is 6.26 Å². The van der Waals surface area contributed by atoms with Crippen molar-refractivity contribution in [3.8, 4) is 0 Å². The zero-order chi connectivity index (χ0) is 14.8. The normalized spacial score (nSPS) is 13.4. The van der Waals surface area contributed by atoms with Gasteiger partial charge in [-0.2, -0.15) is 11.8 Å². The van der Waals surface area contributed by atoms with E-state index in [2.05, 4.69) is 10.6 Å². The Morgan fingerprint density at radius 3 is 2.42 bits per heavy atom. The summed E-state index contributed by atoms with van der Waals surface area (Å²) in [5.74, 6) is -1.74. The van der Waals surface area contributed by atoms with E-state index < -0.39 is 29.9 Å². The Hall–Kier alpha value is -1.28. The first-order chi connectivity index (χ1) is 8.92. The quantitative estimate of drug-likeness (QED) is 0.442. The van der Waals surface area contributed by atoms with Crippen LogP contribution in [0.4, 0.5) is 0 Å². The molecule has 1 unspecified atom stereocenters. The average Bonchev–Trinajstić information content (AvgIpc) is 2.39. The van der Waals surface area contributed by atoms with Crippen LogP contribution in [0.2, 0.25) is 0 Å². The van der Waals surface area contributed by atoms with Crippen molar-refractivity contribution in [2.75, 3.05) is 18.6 Å². The Bertz CT molecular complexity index is 324. The molecule has 0 bridgehead atoms. The fourth-order valence-electron chi connectivity index (χ4n) is 1.21. The van der Waals surface area contributed by atoms with Crippen molar-refractivity contribution in [2.24, 2.45) is 0 Å². The first kappa shape index (κ1) is 17.7. The zero-order valence-corrected chi connectivity index (χ0v) is 11.8. The summed E-state index contributed by atoms with van der Waals surface area (Å²) in [5.41, 5.74) is 0. The number of aliphatic hydroxyl groups excluding tert-OH is 1. The van der Waals surface area contributed by atoms with Crippen molar-refractivity contribution >= 4 is 29.5 Å². The van der Waals surface area contributed by atoms with Crippen LogP contribution >= 0.6 is 11.8 Å². The molecule has 0 aliphatic heterocycles. The molecule has 0 rings (SSSR count). The smallest absolute Gasteiger partial charge is 0.326 e. The van der Waals surface area contributed by atoms with E-state index in [4.69, 9.17) is 5.11 Å². The summed E-state index contributed by atoms with van der Waals surface area (Å²) in [6, 6.07) is -0.965. The lowest BCUT2D eigenvalue weighted by atomic mass is 10.2. The second kappa shape index (κ2) is 9.62. The molecule has 0 spiro atoms. The molecule has 2 atom stereocenters. The molecule has 0 aliphatic rings. The molecule has 110 valence electrons. The second-order valence-electron chi connectivity index (χ2n) is 3.88. The van der Waals surface area contributed by atoms with Gasteiger partial charge in [0, 0.05) is 0 Å². The van der Waals surface area contributed by atoms with Crippen molar-refractivity contribution in [3.05, 3.63) is 0 Å². The lowest BCUT2D eigenvalue weighted by molar-refractivity contribution is -0.141. The first-order valence-corrected chi connectivity index (χ1v) is 7.28. The van der Waals surface area contributed by atoms with Crippen LogP contribution < -0.4 is 10.6 Å². The van der Waals surface area contributed by atoms with Crippen molar-refractivity contribution in [2.45, 2.75) is 31.9 Å². The number of aliphatic carboxylic acids is 1. The summed E-state index contributed by atoms with van der Waals surface area (Å²) in [6.07, 6.45) is 1.25. The number of carboxylic acid groups (broad SMARTS) is 1. The van der Waals surface area contributed by atoms with E-state index >= 15 is 0 Å². The lowest BCUT2D eigenvalue weighted by Gasteiger charge is -2.14. The molecule has 0 saturated carbocycles. The van der Waals surface area contributed by atoms with E-state index in [9.17, 15) is 19.5 Å². The van der Waals surface area contributed by atoms with Gasteiger partial charge < -0.3 is 20.8 Å². The maximum atomic E-state index is 11.5. The minimum absolute atomic E-state index is 0.249. The van der Waals surface area contributed by atoms with Crippen LogP contribution in [0.1, 0.15) is 19.8 Å². The Morgan fingerprint density at radius 2 is 1.95 bits per heavy atom. The van der Waals surface area contributed by atoms with Gasteiger partial charge in [-0.05, 0) is 24.9 Å². The highest BCUT2D eigenvalue weighted by molar-refractivity contribution is 7.98. The third kappa shape index (κ3) is 7.68. The van der Waals surface area contributed by atoms with Crippen LogP contribution in [0.25, 0.3) is 0 Å². The molecule has 19 heavy (non-hydrogen) atoms. The van der Waals surface area contributed by atoms with Crippen molar-refractivity contribution in [3.63, 3.8) is 0 Å². The SMILES string of the molecule is CCC(O)C(=O)NCC(=O)N[C@@H](CCSC)C(=O)O. The maximum Gasteiger partial charge on any atom is 0.326 e. The molecule has 0 saturated heterocycles. The Labute approximate surface area is 116 Å². The summed E-state index contributed by atoms with van der Waals surface area (Å²) in [7, 11) is 0. The summed E-state index contributed by atoms with van der Waals surface area (Å²) < 4.78 is 0. The maximum absolute atomic E-state index is 11.5. The number of carbonyl (C=O) groups is 3. The van der Waals surface area contributed by atoms with Gasteiger partial charge in [-0.1, -0.05) is 6.92 Å². The van der Waals surface area contributed by atoms with Gasteiger partial charge in [0.25, 0.3) is 0 Å². The number of amides is 2. The number of nitrogens with one attached hydrogen (secondary N) is 2. The molecule has 7 nitrogen and oxygen atoms in total. The molecular weight excluding hydrogens is 272 g/mol. The van der Waals surface area contributed by atoms with Gasteiger partial charge in [-0.25, -0.2) is 4.79 Å². The third-order valence-corrected chi connectivity index (χ3v) is 3.00. The fraction of sp³-hybridized carbons (Fsp3) is 0.727. The van der Waals surface area contributed by atoms with Gasteiger partial charge in [0.05, 0.1) is 6.54 Å². The first-order valence-electron chi connectivity index (χ1n) is 5.89. The largest absolute Gasteiger partial charge is 0.480 e. The van der Waals surface area contributed by atoms with Crippen LogP contribution in [-0.4, -0.2) is 58.7 Å². The average molecular weight is 292 g/mol. The molecule has 0 heterocycles. The van der Waals surface area contributed by atoms with Crippen LogP contribution in [0.3, 0.4) is 0 Å². The molecule has 0 aromatic carbocycles. The number of thioether (sulfide) groups is 1. The van der Waals surface area contributed by atoms with Crippen LogP contribution in [0.5, 0.6) is 0 Å². The predicted octanol–water partition coefficient (Wildman–Crippen LogP) is -0.804. The topological polar surface area (TPSA) is 116 Å². The molecule has 4 N–H and O–H groups in total. The molecule has 0 aromatic rings. The van der Waals surface area contributed by atoms with E-state index in [1.165, 1.54) is 11.8 Å². The number of hydrogen-bond donors (Lipinski definition) is 4. The molecule has 0 fully saturated rings. The number of carbonyl (C=O) groups excluding carboxylic acids is 2. The lowest BCUT2D eigenvalue weighted by Crippen LogP contribution is -2.47. The van der Waals surface area contributed by atoms with E-state index in [1.54, 1.807) is 6.92 Å². The summed E-state index contributed by atoms with van der Waals surface area (Å²) in [5, 5.41) is 22.6. The Kier molecular flexibility index (Phi) is 8.98. The molecular formula is C11H20N2O5S. The fourth-order valence-corrected chi connectivity index (χ4v) is 1.68. The highest BCUT2D eigenvalue weighted by atomic mass is 32.2. The minimum atomic E-state index is -1.15. The molecule has 0 radical (unpaired) electrons. The summed E-state index contributed by atoms with van der Waals surface area (Å²) >= 11 is 1.48. The van der Waals surface area contributed by atoms with Crippen molar-refractivity contribution < 1.29 is 24.6 Å². The highest BCUT2D eigenvalue weighted by Gasteiger charge is 2.20. The predicted molar refractivity (Wildman–Crippen MR) is 71.9 cm³/mol. The number of carboxylic acids is 1. The summed E-state index contributed by atoms with van der Waals surface area (Å²) in [4.78, 5) is 33.6. The van der Waals surface area contributed by atoms with E-state index in [0.717, 1.165) is 0 Å². The van der Waals surface area contributed by atoms with Gasteiger partial charge in [-0.15, -0.1) is 0 Å². The van der Waals surface area contributed by atoms with Gasteiger partial charge >= 0.3 is 5.97 Å². The van der Waals surface area contributed by atoms with Gasteiger partial charge in [0.2, 0.25) is 11.8 Å². The molecule has 2 amide bonds. The van der Waals surface area contributed by atoms with E-state index in [-0.39, 0.29) is 13.0 Å². The second-order valence-corrected chi connectivity index (χ2v) is 4.87. The van der Waals surface area contributed by atoms with Gasteiger partial charge in [0.15, 0.2) is 0 Å². The van der Waals surface area contributed by atoms with Crippen molar-refractivity contribution in [1.29, 1.82) is 0 Å². The molecule has 8 heteroatoms. The zero-order valence-electron chi connectivity index (χ0n) is 11.0. The minimum Gasteiger partial charge on any atom is -0.480 e. The van der Waals surface area contributed by atoms with Crippen LogP contribution in [-0.2, 0) is 14.4 Å². The van der Waals surface area contributed by atoms with Gasteiger partial charge in [0.1, 0.15) is 12.1 Å².